The van der Waals surface area contributed by atoms with Gasteiger partial charge in [0.2, 0.25) is 5.82 Å². The van der Waals surface area contributed by atoms with Gasteiger partial charge in [-0.15, -0.1) is 22.5 Å². The number of tetrazole rings is 1. The van der Waals surface area contributed by atoms with E-state index in [2.05, 4.69) is 36.7 Å². The van der Waals surface area contributed by atoms with E-state index in [1.807, 2.05) is 30.3 Å². The molecule has 0 aliphatic carbocycles. The van der Waals surface area contributed by atoms with Crippen LogP contribution in [0.5, 0.6) is 0 Å². The molecule has 0 spiro atoms. The molecule has 2 N–H and O–H groups in total. The van der Waals surface area contributed by atoms with Crippen LogP contribution in [0.4, 0.5) is 10.6 Å². The van der Waals surface area contributed by atoms with E-state index in [9.17, 15) is 9.90 Å². The van der Waals surface area contributed by atoms with E-state index >= 15 is 0 Å². The molecule has 3 aromatic rings. The van der Waals surface area contributed by atoms with Gasteiger partial charge in [0, 0.05) is 18.5 Å². The number of carbonyl (C=O) groups is 1. The van der Waals surface area contributed by atoms with Crippen LogP contribution in [0.1, 0.15) is 23.5 Å². The number of aromatic amines is 1. The summed E-state index contributed by atoms with van der Waals surface area (Å²) in [6, 6.07) is 14.2. The number of aromatic nitrogens is 5. The zero-order valence-electron chi connectivity index (χ0n) is 15.3. The molecule has 10 heteroatoms. The maximum atomic E-state index is 11.5. The van der Waals surface area contributed by atoms with E-state index < -0.39 is 6.09 Å². The van der Waals surface area contributed by atoms with Gasteiger partial charge in [0.15, 0.2) is 12.3 Å². The Bertz CT molecular complexity index is 1010. The molecule has 0 radical (unpaired) electrons. The summed E-state index contributed by atoms with van der Waals surface area (Å²) in [6.07, 6.45) is 4.38. The van der Waals surface area contributed by atoms with Crippen molar-refractivity contribution in [1.29, 1.82) is 0 Å². The van der Waals surface area contributed by atoms with Crippen molar-refractivity contribution in [2.24, 2.45) is 5.16 Å². The smallest absolute Gasteiger partial charge is 0.413 e. The molecule has 0 atom stereocenters. The molecule has 0 saturated heterocycles. The van der Waals surface area contributed by atoms with Crippen molar-refractivity contribution in [1.82, 2.24) is 25.6 Å². The number of H-pyrrole nitrogens is 1. The van der Waals surface area contributed by atoms with Crippen LogP contribution in [-0.2, 0) is 11.4 Å². The van der Waals surface area contributed by atoms with Crippen molar-refractivity contribution in [3.05, 3.63) is 65.6 Å². The first-order valence-corrected chi connectivity index (χ1v) is 8.58. The first kappa shape index (κ1) is 19.5. The number of nitrogens with one attached hydrogen (secondary N) is 1. The molecular weight excluding hydrogens is 374 g/mol. The van der Waals surface area contributed by atoms with Gasteiger partial charge in [-0.2, -0.15) is 5.21 Å². The Morgan fingerprint density at radius 2 is 2.07 bits per heavy atom. The van der Waals surface area contributed by atoms with E-state index in [0.29, 0.717) is 11.4 Å². The first-order valence-electron chi connectivity index (χ1n) is 8.58. The van der Waals surface area contributed by atoms with E-state index in [1.165, 1.54) is 0 Å². The molecule has 1 amide bonds. The van der Waals surface area contributed by atoms with Gasteiger partial charge < -0.3 is 9.94 Å². The number of rotatable bonds is 8. The fourth-order valence-electron chi connectivity index (χ4n) is 2.43. The number of pyridine rings is 1. The molecule has 146 valence electrons. The Labute approximate surface area is 166 Å². The molecular formula is C19H17N7O3. The fraction of sp³-hybridized carbons (Fsp3) is 0.158. The van der Waals surface area contributed by atoms with Crippen LogP contribution < -0.4 is 4.90 Å². The maximum Gasteiger partial charge on any atom is 0.413 e. The summed E-state index contributed by atoms with van der Waals surface area (Å²) in [5.74, 6) is 2.96. The Hall–Kier alpha value is -4.26. The van der Waals surface area contributed by atoms with Crippen LogP contribution in [0, 0.1) is 12.3 Å². The van der Waals surface area contributed by atoms with Crippen molar-refractivity contribution >= 4 is 17.6 Å². The first-order chi connectivity index (χ1) is 14.2. The third-order valence-corrected chi connectivity index (χ3v) is 3.75. The SMILES string of the molecule is C#CCCN(C(=O)O)c1cccc(CON=C(c2ccccc2)c2nn[nH]n2)n1. The van der Waals surface area contributed by atoms with Crippen molar-refractivity contribution in [3.8, 4) is 12.3 Å². The van der Waals surface area contributed by atoms with Gasteiger partial charge >= 0.3 is 6.09 Å². The van der Waals surface area contributed by atoms with Crippen molar-refractivity contribution in [3.63, 3.8) is 0 Å². The Kier molecular flexibility index (Phi) is 6.46. The molecule has 0 aliphatic heterocycles. The largest absolute Gasteiger partial charge is 0.465 e. The standard InChI is InChI=1S/C19H17N7O3/c1-2-3-12-26(19(27)28)16-11-7-10-15(20-16)13-29-23-17(18-21-24-25-22-18)14-8-5-4-6-9-14/h1,4-11H,3,12-13H2,(H,27,28)(H,21,22,24,25). The van der Waals surface area contributed by atoms with Gasteiger partial charge in [0.25, 0.3) is 0 Å². The normalized spacial score (nSPS) is 10.9. The molecule has 2 aromatic heterocycles. The molecule has 10 nitrogen and oxygen atoms in total. The van der Waals surface area contributed by atoms with E-state index in [1.54, 1.807) is 18.2 Å². The summed E-state index contributed by atoms with van der Waals surface area (Å²) in [5.41, 5.74) is 1.65. The number of benzene rings is 1. The number of nitrogens with zero attached hydrogens (tertiary/aromatic N) is 6. The molecule has 0 unspecified atom stereocenters. The predicted molar refractivity (Wildman–Crippen MR) is 104 cm³/mol. The van der Waals surface area contributed by atoms with E-state index in [-0.39, 0.29) is 31.2 Å². The second-order valence-corrected chi connectivity index (χ2v) is 5.69. The van der Waals surface area contributed by atoms with Gasteiger partial charge in [0.1, 0.15) is 5.82 Å². The lowest BCUT2D eigenvalue weighted by Gasteiger charge is -2.17. The summed E-state index contributed by atoms with van der Waals surface area (Å²) in [4.78, 5) is 22.3. The Morgan fingerprint density at radius 3 is 2.76 bits per heavy atom. The number of anilines is 1. The number of terminal acetylenes is 1. The number of oxime groups is 1. The molecule has 3 rings (SSSR count). The molecule has 1 aromatic carbocycles. The van der Waals surface area contributed by atoms with Gasteiger partial charge in [-0.1, -0.05) is 41.6 Å². The molecule has 0 fully saturated rings. The average molecular weight is 391 g/mol. The predicted octanol–water partition coefficient (Wildman–Crippen LogP) is 2.07. The monoisotopic (exact) mass is 391 g/mol. The van der Waals surface area contributed by atoms with Gasteiger partial charge in [0.05, 0.1) is 5.69 Å². The van der Waals surface area contributed by atoms with Crippen molar-refractivity contribution in [2.75, 3.05) is 11.4 Å². The molecule has 0 bridgehead atoms. The van der Waals surface area contributed by atoms with Gasteiger partial charge in [-0.3, -0.25) is 4.90 Å². The number of hydrogen-bond donors (Lipinski definition) is 2. The molecule has 2 heterocycles. The van der Waals surface area contributed by atoms with Crippen LogP contribution in [0.25, 0.3) is 0 Å². The van der Waals surface area contributed by atoms with Crippen molar-refractivity contribution in [2.45, 2.75) is 13.0 Å². The summed E-state index contributed by atoms with van der Waals surface area (Å²) in [7, 11) is 0. The second kappa shape index (κ2) is 9.61. The van der Waals surface area contributed by atoms with Gasteiger partial charge in [-0.05, 0) is 17.3 Å². The lowest BCUT2D eigenvalue weighted by atomic mass is 10.1. The van der Waals surface area contributed by atoms with Crippen LogP contribution in [0.3, 0.4) is 0 Å². The number of carboxylic acid groups (broad SMARTS) is 1. The minimum atomic E-state index is -1.13. The quantitative estimate of drug-likeness (QED) is 0.341. The van der Waals surface area contributed by atoms with Crippen LogP contribution in [0.15, 0.2) is 53.7 Å². The highest BCUT2D eigenvalue weighted by Gasteiger charge is 2.16. The highest BCUT2D eigenvalue weighted by atomic mass is 16.6. The van der Waals surface area contributed by atoms with Crippen LogP contribution in [0.2, 0.25) is 0 Å². The van der Waals surface area contributed by atoms with E-state index in [4.69, 9.17) is 11.3 Å². The minimum absolute atomic E-state index is 0.0185. The maximum absolute atomic E-state index is 11.5. The third kappa shape index (κ3) is 5.14. The zero-order chi connectivity index (χ0) is 20.5. The Balaban J connectivity index is 1.76. The molecule has 29 heavy (non-hydrogen) atoms. The fourth-order valence-corrected chi connectivity index (χ4v) is 2.43. The van der Waals surface area contributed by atoms with Crippen LogP contribution >= 0.6 is 0 Å². The van der Waals surface area contributed by atoms with E-state index in [0.717, 1.165) is 10.5 Å². The number of amides is 1. The number of hydrogen-bond acceptors (Lipinski definition) is 7. The lowest BCUT2D eigenvalue weighted by Crippen LogP contribution is -2.31. The summed E-state index contributed by atoms with van der Waals surface area (Å²) in [5, 5.41) is 27.3. The topological polar surface area (TPSA) is 129 Å². The average Bonchev–Trinajstić information content (AvgIpc) is 3.27. The minimum Gasteiger partial charge on any atom is -0.465 e. The summed E-state index contributed by atoms with van der Waals surface area (Å²) < 4.78 is 0. The second-order valence-electron chi connectivity index (χ2n) is 5.69. The molecule has 0 saturated carbocycles. The zero-order valence-corrected chi connectivity index (χ0v) is 15.3. The highest BCUT2D eigenvalue weighted by Crippen LogP contribution is 2.14. The summed E-state index contributed by atoms with van der Waals surface area (Å²) in [6.45, 7) is 0.169. The lowest BCUT2D eigenvalue weighted by molar-refractivity contribution is 0.128. The molecule has 0 aliphatic rings. The van der Waals surface area contributed by atoms with Crippen LogP contribution in [-0.4, -0.2) is 49.1 Å². The Morgan fingerprint density at radius 1 is 1.24 bits per heavy atom. The van der Waals surface area contributed by atoms with Gasteiger partial charge in [-0.25, -0.2) is 9.78 Å². The third-order valence-electron chi connectivity index (χ3n) is 3.75. The summed E-state index contributed by atoms with van der Waals surface area (Å²) >= 11 is 0. The van der Waals surface area contributed by atoms with Crippen molar-refractivity contribution < 1.29 is 14.7 Å². The highest BCUT2D eigenvalue weighted by molar-refractivity contribution is 6.10.